The standard InChI is InChI=1S/C16H23ClN2/c17-14-7-3-9-16(13(14)11-18)19-10-4-6-12-5-1-2-8-15(12)19/h3,7,9,12,15H,1-2,4-6,8,10-11,18H2/t12-,15-/m1/s1. The Hall–Kier alpha value is -0.730. The maximum atomic E-state index is 6.32. The van der Waals surface area contributed by atoms with Crippen molar-refractivity contribution in [1.29, 1.82) is 0 Å². The van der Waals surface area contributed by atoms with Crippen molar-refractivity contribution in [3.05, 3.63) is 28.8 Å². The van der Waals surface area contributed by atoms with E-state index in [4.69, 9.17) is 17.3 Å². The van der Waals surface area contributed by atoms with E-state index in [0.29, 0.717) is 12.6 Å². The van der Waals surface area contributed by atoms with Gasteiger partial charge in [0.2, 0.25) is 0 Å². The maximum Gasteiger partial charge on any atom is 0.0471 e. The molecule has 0 aromatic heterocycles. The molecule has 1 saturated heterocycles. The van der Waals surface area contributed by atoms with Gasteiger partial charge in [0.15, 0.2) is 0 Å². The van der Waals surface area contributed by atoms with Crippen molar-refractivity contribution in [3.8, 4) is 0 Å². The fourth-order valence-corrected chi connectivity index (χ4v) is 4.19. The number of rotatable bonds is 2. The Bertz CT molecular complexity index is 444. The maximum absolute atomic E-state index is 6.32. The molecule has 0 spiro atoms. The molecule has 2 fully saturated rings. The first-order valence-electron chi connectivity index (χ1n) is 7.55. The summed E-state index contributed by atoms with van der Waals surface area (Å²) in [6.07, 6.45) is 8.22. The van der Waals surface area contributed by atoms with Crippen molar-refractivity contribution in [2.75, 3.05) is 11.4 Å². The first-order valence-corrected chi connectivity index (χ1v) is 7.93. The molecular weight excluding hydrogens is 256 g/mol. The smallest absolute Gasteiger partial charge is 0.0471 e. The van der Waals surface area contributed by atoms with E-state index in [-0.39, 0.29) is 0 Å². The van der Waals surface area contributed by atoms with Crippen molar-refractivity contribution in [2.24, 2.45) is 11.7 Å². The second-order valence-electron chi connectivity index (χ2n) is 5.89. The fraction of sp³-hybridized carbons (Fsp3) is 0.625. The van der Waals surface area contributed by atoms with E-state index in [0.717, 1.165) is 23.0 Å². The molecule has 1 aliphatic heterocycles. The SMILES string of the molecule is NCc1c(Cl)cccc1N1CCC[C@H]2CCCC[C@H]21. The molecule has 104 valence electrons. The molecule has 19 heavy (non-hydrogen) atoms. The predicted octanol–water partition coefficient (Wildman–Crippen LogP) is 3.96. The minimum Gasteiger partial charge on any atom is -0.368 e. The Morgan fingerprint density at radius 3 is 2.79 bits per heavy atom. The molecule has 0 unspecified atom stereocenters. The number of hydrogen-bond acceptors (Lipinski definition) is 2. The Balaban J connectivity index is 1.94. The van der Waals surface area contributed by atoms with Crippen LogP contribution in [0.15, 0.2) is 18.2 Å². The van der Waals surface area contributed by atoms with Gasteiger partial charge in [-0.1, -0.05) is 30.5 Å². The lowest BCUT2D eigenvalue weighted by Crippen LogP contribution is -2.47. The molecule has 2 aliphatic rings. The second kappa shape index (κ2) is 5.72. The Morgan fingerprint density at radius 1 is 1.16 bits per heavy atom. The molecule has 2 N–H and O–H groups in total. The summed E-state index contributed by atoms with van der Waals surface area (Å²) in [5.74, 6) is 0.882. The normalized spacial score (nSPS) is 27.2. The van der Waals surface area contributed by atoms with Gasteiger partial charge in [0.05, 0.1) is 0 Å². The van der Waals surface area contributed by atoms with Crippen molar-refractivity contribution in [2.45, 2.75) is 51.1 Å². The fourth-order valence-electron chi connectivity index (χ4n) is 3.94. The Morgan fingerprint density at radius 2 is 1.95 bits per heavy atom. The average molecular weight is 279 g/mol. The molecule has 3 heteroatoms. The monoisotopic (exact) mass is 278 g/mol. The highest BCUT2D eigenvalue weighted by atomic mass is 35.5. The topological polar surface area (TPSA) is 29.3 Å². The number of fused-ring (bicyclic) bond motifs is 1. The molecular formula is C16H23ClN2. The van der Waals surface area contributed by atoms with Crippen LogP contribution in [0.2, 0.25) is 5.02 Å². The predicted molar refractivity (Wildman–Crippen MR) is 81.7 cm³/mol. The van der Waals surface area contributed by atoms with Crippen molar-refractivity contribution in [3.63, 3.8) is 0 Å². The zero-order valence-electron chi connectivity index (χ0n) is 11.4. The number of halogens is 1. The summed E-state index contributed by atoms with van der Waals surface area (Å²) in [7, 11) is 0. The number of nitrogens with two attached hydrogens (primary N) is 1. The largest absolute Gasteiger partial charge is 0.368 e. The van der Waals surface area contributed by atoms with Crippen LogP contribution < -0.4 is 10.6 Å². The van der Waals surface area contributed by atoms with Crippen molar-refractivity contribution in [1.82, 2.24) is 0 Å². The number of hydrogen-bond donors (Lipinski definition) is 1. The van der Waals surface area contributed by atoms with Crippen LogP contribution in [0.25, 0.3) is 0 Å². The summed E-state index contributed by atoms with van der Waals surface area (Å²) in [6.45, 7) is 1.69. The first kappa shape index (κ1) is 13.3. The molecule has 1 saturated carbocycles. The lowest BCUT2D eigenvalue weighted by Gasteiger charge is -2.46. The third-order valence-corrected chi connectivity index (χ3v) is 5.21. The zero-order valence-corrected chi connectivity index (χ0v) is 12.2. The lowest BCUT2D eigenvalue weighted by atomic mass is 9.78. The van der Waals surface area contributed by atoms with Crippen LogP contribution in [0.5, 0.6) is 0 Å². The highest BCUT2D eigenvalue weighted by molar-refractivity contribution is 6.31. The van der Waals surface area contributed by atoms with Gasteiger partial charge in [0, 0.05) is 35.4 Å². The quantitative estimate of drug-likeness (QED) is 0.887. The van der Waals surface area contributed by atoms with E-state index >= 15 is 0 Å². The van der Waals surface area contributed by atoms with Gasteiger partial charge < -0.3 is 10.6 Å². The second-order valence-corrected chi connectivity index (χ2v) is 6.30. The van der Waals surface area contributed by atoms with E-state index < -0.39 is 0 Å². The van der Waals surface area contributed by atoms with Gasteiger partial charge in [0.1, 0.15) is 0 Å². The minimum absolute atomic E-state index is 0.531. The van der Waals surface area contributed by atoms with Crippen LogP contribution in [-0.4, -0.2) is 12.6 Å². The molecule has 0 amide bonds. The van der Waals surface area contributed by atoms with Crippen LogP contribution in [0.1, 0.15) is 44.1 Å². The van der Waals surface area contributed by atoms with E-state index in [2.05, 4.69) is 17.0 Å². The molecule has 2 atom stereocenters. The number of benzene rings is 1. The molecule has 1 aromatic carbocycles. The third-order valence-electron chi connectivity index (χ3n) is 4.85. The highest BCUT2D eigenvalue weighted by Gasteiger charge is 2.34. The zero-order chi connectivity index (χ0) is 13.2. The van der Waals surface area contributed by atoms with Gasteiger partial charge in [-0.2, -0.15) is 0 Å². The molecule has 0 radical (unpaired) electrons. The third kappa shape index (κ3) is 2.48. The number of nitrogens with zero attached hydrogens (tertiary/aromatic N) is 1. The van der Waals surface area contributed by atoms with Gasteiger partial charge >= 0.3 is 0 Å². The number of anilines is 1. The van der Waals surface area contributed by atoms with Gasteiger partial charge in [-0.25, -0.2) is 0 Å². The van der Waals surface area contributed by atoms with Crippen molar-refractivity contribution < 1.29 is 0 Å². The van der Waals surface area contributed by atoms with Crippen molar-refractivity contribution >= 4 is 17.3 Å². The van der Waals surface area contributed by atoms with Gasteiger partial charge in [-0.15, -0.1) is 0 Å². The summed E-state index contributed by atoms with van der Waals surface area (Å²) in [5.41, 5.74) is 8.32. The molecule has 1 heterocycles. The summed E-state index contributed by atoms with van der Waals surface area (Å²) in [6, 6.07) is 6.93. The summed E-state index contributed by atoms with van der Waals surface area (Å²) in [5, 5.41) is 0.818. The first-order chi connectivity index (χ1) is 9.31. The van der Waals surface area contributed by atoms with Crippen LogP contribution in [0, 0.1) is 5.92 Å². The van der Waals surface area contributed by atoms with E-state index in [1.807, 2.05) is 6.07 Å². The molecule has 1 aromatic rings. The van der Waals surface area contributed by atoms with Crippen LogP contribution in [-0.2, 0) is 6.54 Å². The average Bonchev–Trinajstić information content (AvgIpc) is 2.46. The summed E-state index contributed by atoms with van der Waals surface area (Å²) >= 11 is 6.32. The van der Waals surface area contributed by atoms with Crippen LogP contribution in [0.3, 0.4) is 0 Å². The van der Waals surface area contributed by atoms with Gasteiger partial charge in [-0.05, 0) is 43.7 Å². The van der Waals surface area contributed by atoms with E-state index in [1.165, 1.54) is 44.2 Å². The Labute approximate surface area is 120 Å². The highest BCUT2D eigenvalue weighted by Crippen LogP contribution is 2.39. The van der Waals surface area contributed by atoms with E-state index in [9.17, 15) is 0 Å². The summed E-state index contributed by atoms with van der Waals surface area (Å²) < 4.78 is 0. The van der Waals surface area contributed by atoms with Crippen LogP contribution in [0.4, 0.5) is 5.69 Å². The molecule has 1 aliphatic carbocycles. The molecule has 0 bridgehead atoms. The lowest BCUT2D eigenvalue weighted by molar-refractivity contribution is 0.243. The Kier molecular flexibility index (Phi) is 3.99. The molecule has 3 rings (SSSR count). The molecule has 2 nitrogen and oxygen atoms in total. The summed E-state index contributed by atoms with van der Waals surface area (Å²) in [4.78, 5) is 2.60. The number of piperidine rings is 1. The van der Waals surface area contributed by atoms with Crippen LogP contribution >= 0.6 is 11.6 Å². The van der Waals surface area contributed by atoms with Gasteiger partial charge in [0.25, 0.3) is 0 Å². The minimum atomic E-state index is 0.531. The van der Waals surface area contributed by atoms with E-state index in [1.54, 1.807) is 0 Å². The van der Waals surface area contributed by atoms with Gasteiger partial charge in [-0.3, -0.25) is 0 Å².